The molecule has 0 saturated carbocycles. The Kier molecular flexibility index (Phi) is 2.70. The molecule has 2 aromatic rings. The van der Waals surface area contributed by atoms with Gasteiger partial charge in [0.25, 0.3) is 5.69 Å². The first-order valence-corrected chi connectivity index (χ1v) is 4.92. The number of rotatable bonds is 2. The van der Waals surface area contributed by atoms with Crippen molar-refractivity contribution in [1.82, 2.24) is 9.97 Å². The van der Waals surface area contributed by atoms with Crippen molar-refractivity contribution < 1.29 is 4.92 Å². The zero-order valence-corrected chi connectivity index (χ0v) is 9.12. The van der Waals surface area contributed by atoms with Gasteiger partial charge in [-0.3, -0.25) is 10.1 Å². The number of nitrogens with zero attached hydrogens (tertiary/aromatic N) is 3. The topological polar surface area (TPSA) is 94.9 Å². The summed E-state index contributed by atoms with van der Waals surface area (Å²) in [6.45, 7) is 1.81. The molecule has 2 N–H and O–H groups in total. The maximum atomic E-state index is 10.5. The molecule has 0 fully saturated rings. The van der Waals surface area contributed by atoms with Crippen molar-refractivity contribution in [3.8, 4) is 11.4 Å². The first-order valence-electron chi connectivity index (χ1n) is 4.92. The number of nitro groups is 1. The average molecular weight is 230 g/mol. The summed E-state index contributed by atoms with van der Waals surface area (Å²) in [6, 6.07) is 6.02. The van der Waals surface area contributed by atoms with Gasteiger partial charge in [-0.2, -0.15) is 0 Å². The number of aromatic nitrogens is 2. The smallest absolute Gasteiger partial charge is 0.269 e. The van der Waals surface area contributed by atoms with Gasteiger partial charge in [-0.1, -0.05) is 0 Å². The van der Waals surface area contributed by atoms with Gasteiger partial charge in [0.1, 0.15) is 5.82 Å². The second kappa shape index (κ2) is 4.17. The van der Waals surface area contributed by atoms with Crippen molar-refractivity contribution in [2.75, 3.05) is 5.73 Å². The normalized spacial score (nSPS) is 10.2. The van der Waals surface area contributed by atoms with Gasteiger partial charge >= 0.3 is 0 Å². The fraction of sp³-hybridized carbons (Fsp3) is 0.0909. The van der Waals surface area contributed by atoms with E-state index in [0.29, 0.717) is 17.2 Å². The third-order valence-electron chi connectivity index (χ3n) is 2.35. The third-order valence-corrected chi connectivity index (χ3v) is 2.35. The lowest BCUT2D eigenvalue weighted by Crippen LogP contribution is -1.98. The van der Waals surface area contributed by atoms with Crippen LogP contribution in [-0.2, 0) is 0 Å². The summed E-state index contributed by atoms with van der Waals surface area (Å²) < 4.78 is 0. The summed E-state index contributed by atoms with van der Waals surface area (Å²) in [5.41, 5.74) is 7.21. The number of benzene rings is 1. The van der Waals surface area contributed by atoms with Gasteiger partial charge in [-0.05, 0) is 19.1 Å². The molecule has 2 rings (SSSR count). The first-order chi connectivity index (χ1) is 8.08. The van der Waals surface area contributed by atoms with E-state index in [2.05, 4.69) is 9.97 Å². The third kappa shape index (κ3) is 2.20. The Hall–Kier alpha value is -2.50. The number of anilines is 1. The number of nitrogens with two attached hydrogens (primary N) is 1. The largest absolute Gasteiger partial charge is 0.383 e. The quantitative estimate of drug-likeness (QED) is 0.628. The molecule has 0 aliphatic heterocycles. The highest BCUT2D eigenvalue weighted by atomic mass is 16.6. The van der Waals surface area contributed by atoms with E-state index in [9.17, 15) is 10.1 Å². The fourth-order valence-electron chi connectivity index (χ4n) is 1.33. The van der Waals surface area contributed by atoms with Crippen molar-refractivity contribution in [3.05, 3.63) is 46.1 Å². The maximum Gasteiger partial charge on any atom is 0.269 e. The fourth-order valence-corrected chi connectivity index (χ4v) is 1.33. The van der Waals surface area contributed by atoms with Crippen LogP contribution in [0.4, 0.5) is 11.5 Å². The minimum atomic E-state index is -0.450. The minimum Gasteiger partial charge on any atom is -0.383 e. The zero-order chi connectivity index (χ0) is 12.4. The molecule has 0 saturated heterocycles. The van der Waals surface area contributed by atoms with Crippen LogP contribution >= 0.6 is 0 Å². The van der Waals surface area contributed by atoms with Crippen LogP contribution in [0.25, 0.3) is 11.4 Å². The number of non-ortho nitro benzene ring substituents is 1. The summed E-state index contributed by atoms with van der Waals surface area (Å²) >= 11 is 0. The second-order valence-corrected chi connectivity index (χ2v) is 3.57. The van der Waals surface area contributed by atoms with Crippen molar-refractivity contribution in [2.24, 2.45) is 0 Å². The van der Waals surface area contributed by atoms with Crippen LogP contribution in [0.2, 0.25) is 0 Å². The average Bonchev–Trinajstić information content (AvgIpc) is 2.33. The van der Waals surface area contributed by atoms with E-state index in [1.54, 1.807) is 18.3 Å². The second-order valence-electron chi connectivity index (χ2n) is 3.57. The minimum absolute atomic E-state index is 0.0360. The maximum absolute atomic E-state index is 10.5. The van der Waals surface area contributed by atoms with E-state index in [4.69, 9.17) is 5.73 Å². The molecule has 0 unspecified atom stereocenters. The molecule has 6 nitrogen and oxygen atoms in total. The Morgan fingerprint density at radius 3 is 2.47 bits per heavy atom. The van der Waals surface area contributed by atoms with E-state index >= 15 is 0 Å². The lowest BCUT2D eigenvalue weighted by Gasteiger charge is -2.02. The van der Waals surface area contributed by atoms with Crippen LogP contribution in [0, 0.1) is 17.0 Å². The number of aryl methyl sites for hydroxylation is 1. The highest BCUT2D eigenvalue weighted by Gasteiger charge is 2.07. The van der Waals surface area contributed by atoms with Crippen molar-refractivity contribution in [3.63, 3.8) is 0 Å². The SMILES string of the molecule is Cc1cnc(-c2ccc([N+](=O)[O-])cc2)nc1N. The molecule has 0 spiro atoms. The summed E-state index contributed by atoms with van der Waals surface area (Å²) in [4.78, 5) is 18.3. The van der Waals surface area contributed by atoms with Crippen LogP contribution in [0.1, 0.15) is 5.56 Å². The van der Waals surface area contributed by atoms with E-state index < -0.39 is 4.92 Å². The molecule has 86 valence electrons. The van der Waals surface area contributed by atoms with Crippen LogP contribution in [-0.4, -0.2) is 14.9 Å². The summed E-state index contributed by atoms with van der Waals surface area (Å²) in [5, 5.41) is 10.5. The summed E-state index contributed by atoms with van der Waals surface area (Å²) in [6.07, 6.45) is 1.62. The first kappa shape index (κ1) is 11.0. The lowest BCUT2D eigenvalue weighted by atomic mass is 10.2. The van der Waals surface area contributed by atoms with E-state index in [0.717, 1.165) is 5.56 Å². The van der Waals surface area contributed by atoms with Gasteiger partial charge in [-0.25, -0.2) is 9.97 Å². The Bertz CT molecular complexity index is 566. The molecule has 0 aliphatic rings. The van der Waals surface area contributed by atoms with E-state index in [1.807, 2.05) is 6.92 Å². The molecular formula is C11H10N4O2. The Morgan fingerprint density at radius 1 is 1.29 bits per heavy atom. The van der Waals surface area contributed by atoms with Gasteiger partial charge < -0.3 is 5.73 Å². The van der Waals surface area contributed by atoms with Gasteiger partial charge in [-0.15, -0.1) is 0 Å². The van der Waals surface area contributed by atoms with Crippen molar-refractivity contribution in [1.29, 1.82) is 0 Å². The molecule has 1 heterocycles. The molecule has 0 amide bonds. The molecule has 1 aromatic heterocycles. The van der Waals surface area contributed by atoms with E-state index in [1.165, 1.54) is 12.1 Å². The van der Waals surface area contributed by atoms with Crippen molar-refractivity contribution >= 4 is 11.5 Å². The van der Waals surface area contributed by atoms with Crippen LogP contribution in [0.3, 0.4) is 0 Å². The lowest BCUT2D eigenvalue weighted by molar-refractivity contribution is -0.384. The zero-order valence-electron chi connectivity index (χ0n) is 9.12. The Balaban J connectivity index is 2.39. The summed E-state index contributed by atoms with van der Waals surface area (Å²) in [7, 11) is 0. The highest BCUT2D eigenvalue weighted by Crippen LogP contribution is 2.20. The molecule has 0 atom stereocenters. The predicted octanol–water partition coefficient (Wildman–Crippen LogP) is 1.94. The monoisotopic (exact) mass is 230 g/mol. The number of nitrogen functional groups attached to an aromatic ring is 1. The van der Waals surface area contributed by atoms with E-state index in [-0.39, 0.29) is 5.69 Å². The number of hydrogen-bond acceptors (Lipinski definition) is 5. The Labute approximate surface area is 97.3 Å². The van der Waals surface area contributed by atoms with Gasteiger partial charge in [0, 0.05) is 29.5 Å². The van der Waals surface area contributed by atoms with Crippen LogP contribution in [0.15, 0.2) is 30.5 Å². The van der Waals surface area contributed by atoms with Crippen molar-refractivity contribution in [2.45, 2.75) is 6.92 Å². The molecular weight excluding hydrogens is 220 g/mol. The number of nitro benzene ring substituents is 1. The van der Waals surface area contributed by atoms with Crippen LogP contribution < -0.4 is 5.73 Å². The molecule has 0 aliphatic carbocycles. The molecule has 17 heavy (non-hydrogen) atoms. The number of hydrogen-bond donors (Lipinski definition) is 1. The van der Waals surface area contributed by atoms with Gasteiger partial charge in [0.15, 0.2) is 5.82 Å². The van der Waals surface area contributed by atoms with Gasteiger partial charge in [0.2, 0.25) is 0 Å². The predicted molar refractivity (Wildman–Crippen MR) is 63.3 cm³/mol. The summed E-state index contributed by atoms with van der Waals surface area (Å²) in [5.74, 6) is 0.872. The highest BCUT2D eigenvalue weighted by molar-refractivity contribution is 5.59. The standard InChI is InChI=1S/C11H10N4O2/c1-7-6-13-11(14-10(7)12)8-2-4-9(5-3-8)15(16)17/h2-6H,1H3,(H2,12,13,14). The van der Waals surface area contributed by atoms with Gasteiger partial charge in [0.05, 0.1) is 4.92 Å². The van der Waals surface area contributed by atoms with Crippen LogP contribution in [0.5, 0.6) is 0 Å². The molecule has 6 heteroatoms. The molecule has 1 aromatic carbocycles. The molecule has 0 bridgehead atoms. The molecule has 0 radical (unpaired) electrons. The Morgan fingerprint density at radius 2 is 1.94 bits per heavy atom.